The number of anilines is 1. The molecule has 0 saturated carbocycles. The van der Waals surface area contributed by atoms with Crippen molar-refractivity contribution in [1.29, 1.82) is 0 Å². The standard InChI is InChI=1S/C24H21ClN2O/c25-22-14-5-4-12-20(22)24-21-13-6-8-17(16-19-11-7-15-28-19)23(21)26-27(24)18-9-2-1-3-10-18/h1-5,7,9-12,14-16,24,26H,6,8,13H2/b17-16+/t24-/m0/s1. The summed E-state index contributed by atoms with van der Waals surface area (Å²) in [6.07, 6.45) is 7.08. The van der Waals surface area contributed by atoms with E-state index in [-0.39, 0.29) is 6.04 Å². The molecule has 0 fully saturated rings. The lowest BCUT2D eigenvalue weighted by molar-refractivity contribution is 0.556. The van der Waals surface area contributed by atoms with Gasteiger partial charge >= 0.3 is 0 Å². The van der Waals surface area contributed by atoms with E-state index in [1.54, 1.807) is 6.26 Å². The maximum atomic E-state index is 6.63. The van der Waals surface area contributed by atoms with Gasteiger partial charge in [0.05, 0.1) is 17.6 Å². The molecule has 3 aromatic rings. The van der Waals surface area contributed by atoms with Crippen LogP contribution in [0.15, 0.2) is 94.3 Å². The fourth-order valence-corrected chi connectivity index (χ4v) is 4.44. The van der Waals surface area contributed by atoms with Crippen LogP contribution in [0, 0.1) is 0 Å². The van der Waals surface area contributed by atoms with Gasteiger partial charge in [0.1, 0.15) is 11.8 Å². The van der Waals surface area contributed by atoms with Crippen molar-refractivity contribution in [3.63, 3.8) is 0 Å². The summed E-state index contributed by atoms with van der Waals surface area (Å²) >= 11 is 6.63. The molecule has 140 valence electrons. The number of nitrogens with zero attached hydrogens (tertiary/aromatic N) is 1. The highest BCUT2D eigenvalue weighted by atomic mass is 35.5. The van der Waals surface area contributed by atoms with Crippen molar-refractivity contribution in [2.24, 2.45) is 0 Å². The van der Waals surface area contributed by atoms with Crippen LogP contribution in [0.1, 0.15) is 36.6 Å². The van der Waals surface area contributed by atoms with Crippen LogP contribution >= 0.6 is 11.6 Å². The number of furan rings is 1. The van der Waals surface area contributed by atoms with Crippen LogP contribution in [0.5, 0.6) is 0 Å². The van der Waals surface area contributed by atoms with Gasteiger partial charge in [-0.2, -0.15) is 0 Å². The molecule has 1 N–H and O–H groups in total. The van der Waals surface area contributed by atoms with Gasteiger partial charge in [0, 0.05) is 5.02 Å². The minimum absolute atomic E-state index is 0.0754. The van der Waals surface area contributed by atoms with E-state index in [0.29, 0.717) is 0 Å². The number of rotatable bonds is 3. The third-order valence-corrected chi connectivity index (χ3v) is 5.79. The fraction of sp³-hybridized carbons (Fsp3) is 0.167. The lowest BCUT2D eigenvalue weighted by Gasteiger charge is -2.29. The largest absolute Gasteiger partial charge is 0.465 e. The summed E-state index contributed by atoms with van der Waals surface area (Å²) in [4.78, 5) is 0. The highest BCUT2D eigenvalue weighted by Crippen LogP contribution is 2.46. The third kappa shape index (κ3) is 3.02. The van der Waals surface area contributed by atoms with E-state index in [0.717, 1.165) is 41.3 Å². The summed E-state index contributed by atoms with van der Waals surface area (Å²) in [6, 6.07) is 22.6. The van der Waals surface area contributed by atoms with Crippen LogP contribution in [0.4, 0.5) is 5.69 Å². The summed E-state index contributed by atoms with van der Waals surface area (Å²) in [5, 5.41) is 3.04. The molecular weight excluding hydrogens is 368 g/mol. The number of hydrogen-bond donors (Lipinski definition) is 1. The van der Waals surface area contributed by atoms with Crippen molar-refractivity contribution in [1.82, 2.24) is 5.43 Å². The second-order valence-corrected chi connectivity index (χ2v) is 7.59. The number of halogens is 1. The number of hydrazine groups is 1. The molecule has 0 spiro atoms. The monoisotopic (exact) mass is 388 g/mol. The average Bonchev–Trinajstić information content (AvgIpc) is 3.37. The quantitative estimate of drug-likeness (QED) is 0.553. The number of nitrogens with one attached hydrogen (secondary N) is 1. The molecule has 1 aromatic heterocycles. The van der Waals surface area contributed by atoms with Crippen molar-refractivity contribution in [2.75, 3.05) is 5.01 Å². The van der Waals surface area contributed by atoms with Crippen molar-refractivity contribution in [2.45, 2.75) is 25.3 Å². The Morgan fingerprint density at radius 1 is 0.964 bits per heavy atom. The number of para-hydroxylation sites is 1. The number of hydrogen-bond acceptors (Lipinski definition) is 3. The summed E-state index contributed by atoms with van der Waals surface area (Å²) in [5.74, 6) is 0.887. The summed E-state index contributed by atoms with van der Waals surface area (Å²) < 4.78 is 5.57. The molecule has 2 aliphatic rings. The van der Waals surface area contributed by atoms with Crippen molar-refractivity contribution in [3.05, 3.63) is 106 Å². The molecule has 0 unspecified atom stereocenters. The van der Waals surface area contributed by atoms with Crippen LogP contribution in [0.2, 0.25) is 5.02 Å². The second-order valence-electron chi connectivity index (χ2n) is 7.18. The molecule has 5 rings (SSSR count). The maximum absolute atomic E-state index is 6.63. The van der Waals surface area contributed by atoms with Crippen molar-refractivity contribution >= 4 is 23.4 Å². The molecule has 4 heteroatoms. The molecule has 1 aliphatic heterocycles. The Kier molecular flexibility index (Phi) is 4.46. The molecule has 2 aromatic carbocycles. The average molecular weight is 389 g/mol. The highest BCUT2D eigenvalue weighted by Gasteiger charge is 2.37. The fourth-order valence-electron chi connectivity index (χ4n) is 4.20. The Hall–Kier alpha value is -2.91. The lowest BCUT2D eigenvalue weighted by Crippen LogP contribution is -2.34. The third-order valence-electron chi connectivity index (χ3n) is 5.45. The molecule has 0 amide bonds. The van der Waals surface area contributed by atoms with E-state index in [1.807, 2.05) is 30.3 Å². The van der Waals surface area contributed by atoms with Crippen molar-refractivity contribution < 1.29 is 4.42 Å². The Bertz CT molecular complexity index is 1040. The van der Waals surface area contributed by atoms with Gasteiger partial charge in [-0.3, -0.25) is 10.4 Å². The van der Waals surface area contributed by atoms with Crippen molar-refractivity contribution in [3.8, 4) is 0 Å². The van der Waals surface area contributed by atoms with E-state index in [1.165, 1.54) is 16.8 Å². The zero-order chi connectivity index (χ0) is 18.9. The molecule has 1 atom stereocenters. The van der Waals surface area contributed by atoms with Gasteiger partial charge < -0.3 is 4.42 Å². The minimum atomic E-state index is 0.0754. The maximum Gasteiger partial charge on any atom is 0.126 e. The van der Waals surface area contributed by atoms with Gasteiger partial charge in [0.2, 0.25) is 0 Å². The highest BCUT2D eigenvalue weighted by molar-refractivity contribution is 6.31. The minimum Gasteiger partial charge on any atom is -0.465 e. The molecule has 1 aliphatic carbocycles. The van der Waals surface area contributed by atoms with Gasteiger partial charge in [0.25, 0.3) is 0 Å². The normalized spacial score (nSPS) is 20.4. The van der Waals surface area contributed by atoms with Crippen LogP contribution in [-0.2, 0) is 0 Å². The Labute approximate surface area is 169 Å². The zero-order valence-corrected chi connectivity index (χ0v) is 16.2. The van der Waals surface area contributed by atoms with Crippen LogP contribution in [-0.4, -0.2) is 0 Å². The smallest absolute Gasteiger partial charge is 0.126 e. The van der Waals surface area contributed by atoms with Gasteiger partial charge in [-0.1, -0.05) is 48.0 Å². The first-order valence-electron chi connectivity index (χ1n) is 9.64. The topological polar surface area (TPSA) is 28.4 Å². The Morgan fingerprint density at radius 3 is 2.57 bits per heavy atom. The van der Waals surface area contributed by atoms with Gasteiger partial charge in [-0.25, -0.2) is 0 Å². The second kappa shape index (κ2) is 7.25. The van der Waals surface area contributed by atoms with Crippen LogP contribution < -0.4 is 10.4 Å². The summed E-state index contributed by atoms with van der Waals surface area (Å²) in [6.45, 7) is 0. The zero-order valence-electron chi connectivity index (χ0n) is 15.4. The van der Waals surface area contributed by atoms with E-state index in [4.69, 9.17) is 16.0 Å². The summed E-state index contributed by atoms with van der Waals surface area (Å²) in [5.41, 5.74) is 9.82. The predicted octanol–water partition coefficient (Wildman–Crippen LogP) is 6.52. The van der Waals surface area contributed by atoms with E-state index >= 15 is 0 Å². The molecular formula is C24H21ClN2O. The lowest BCUT2D eigenvalue weighted by atomic mass is 9.86. The first-order chi connectivity index (χ1) is 13.8. The van der Waals surface area contributed by atoms with Gasteiger partial charge in [-0.05, 0) is 72.4 Å². The first-order valence-corrected chi connectivity index (χ1v) is 10.0. The molecule has 0 saturated heterocycles. The van der Waals surface area contributed by atoms with Gasteiger partial charge in [0.15, 0.2) is 0 Å². The van der Waals surface area contributed by atoms with Crippen LogP contribution in [0.25, 0.3) is 6.08 Å². The molecule has 0 radical (unpaired) electrons. The molecule has 2 heterocycles. The molecule has 3 nitrogen and oxygen atoms in total. The summed E-state index contributed by atoms with van der Waals surface area (Å²) in [7, 11) is 0. The van der Waals surface area contributed by atoms with Crippen LogP contribution in [0.3, 0.4) is 0 Å². The van der Waals surface area contributed by atoms with E-state index < -0.39 is 0 Å². The van der Waals surface area contributed by atoms with Gasteiger partial charge in [-0.15, -0.1) is 0 Å². The Morgan fingerprint density at radius 2 is 1.79 bits per heavy atom. The molecule has 28 heavy (non-hydrogen) atoms. The number of allylic oxidation sites excluding steroid dienone is 1. The molecule has 0 bridgehead atoms. The predicted molar refractivity (Wildman–Crippen MR) is 114 cm³/mol. The first kappa shape index (κ1) is 17.2. The Balaban J connectivity index is 1.64. The van der Waals surface area contributed by atoms with E-state index in [9.17, 15) is 0 Å². The number of benzene rings is 2. The van der Waals surface area contributed by atoms with E-state index in [2.05, 4.69) is 52.9 Å². The SMILES string of the molecule is Clc1ccccc1[C@H]1C2=C(NN1c1ccccc1)/C(=C/c1ccco1)CCC2.